The Hall–Kier alpha value is -3.61. The first kappa shape index (κ1) is 12.9. The fourth-order valence-electron chi connectivity index (χ4n) is 2.69. The van der Waals surface area contributed by atoms with Crippen molar-refractivity contribution in [3.63, 3.8) is 0 Å². The Bertz CT molecular complexity index is 1120. The number of fused-ring (bicyclic) bond motifs is 2. The van der Waals surface area contributed by atoms with Crippen molar-refractivity contribution in [3.05, 3.63) is 55.0 Å². The zero-order valence-corrected chi connectivity index (χ0v) is 12.4. The van der Waals surface area contributed by atoms with Crippen LogP contribution in [0.2, 0.25) is 0 Å². The van der Waals surface area contributed by atoms with E-state index in [1.54, 1.807) is 18.6 Å². The lowest BCUT2D eigenvalue weighted by atomic mass is 10.2. The van der Waals surface area contributed by atoms with Crippen molar-refractivity contribution >= 4 is 22.1 Å². The predicted molar refractivity (Wildman–Crippen MR) is 90.0 cm³/mol. The maximum absolute atomic E-state index is 4.72. The number of nitrogens with one attached hydrogen (secondary N) is 2. The number of H-pyrrole nitrogens is 2. The van der Waals surface area contributed by atoms with Crippen LogP contribution in [0.15, 0.2) is 55.0 Å². The van der Waals surface area contributed by atoms with Gasteiger partial charge >= 0.3 is 0 Å². The Morgan fingerprint density at radius 1 is 0.833 bits per heavy atom. The number of imidazole rings is 1. The summed E-state index contributed by atoms with van der Waals surface area (Å²) in [5.41, 5.74) is 5.61. The van der Waals surface area contributed by atoms with Crippen molar-refractivity contribution in [2.24, 2.45) is 0 Å². The average Bonchev–Trinajstić information content (AvgIpc) is 3.25. The molecule has 5 aromatic rings. The quantitative estimate of drug-likeness (QED) is 0.522. The molecule has 0 bridgehead atoms. The van der Waals surface area contributed by atoms with Crippen LogP contribution in [-0.2, 0) is 0 Å². The highest BCUT2D eigenvalue weighted by Crippen LogP contribution is 2.26. The molecule has 0 aliphatic carbocycles. The molecule has 24 heavy (non-hydrogen) atoms. The van der Waals surface area contributed by atoms with Crippen molar-refractivity contribution < 1.29 is 0 Å². The van der Waals surface area contributed by atoms with Gasteiger partial charge < -0.3 is 4.98 Å². The summed E-state index contributed by atoms with van der Waals surface area (Å²) in [6, 6.07) is 11.5. The summed E-state index contributed by atoms with van der Waals surface area (Å²) < 4.78 is 0. The van der Waals surface area contributed by atoms with Gasteiger partial charge in [0, 0.05) is 12.4 Å². The second kappa shape index (κ2) is 4.95. The second-order valence-corrected chi connectivity index (χ2v) is 5.36. The summed E-state index contributed by atoms with van der Waals surface area (Å²) in [6.45, 7) is 0. The highest BCUT2D eigenvalue weighted by atomic mass is 15.1. The van der Waals surface area contributed by atoms with Crippen LogP contribution in [0, 0.1) is 0 Å². The van der Waals surface area contributed by atoms with Crippen LogP contribution in [0.1, 0.15) is 0 Å². The molecule has 0 unspecified atom stereocenters. The summed E-state index contributed by atoms with van der Waals surface area (Å²) >= 11 is 0. The first-order chi connectivity index (χ1) is 11.9. The van der Waals surface area contributed by atoms with Gasteiger partial charge in [-0.3, -0.25) is 15.1 Å². The van der Waals surface area contributed by atoms with Crippen molar-refractivity contribution in [1.82, 2.24) is 35.1 Å². The van der Waals surface area contributed by atoms with Gasteiger partial charge in [0.25, 0.3) is 0 Å². The molecule has 0 aliphatic heterocycles. The van der Waals surface area contributed by atoms with E-state index in [9.17, 15) is 0 Å². The molecular formula is C17H11N7. The molecule has 5 heterocycles. The van der Waals surface area contributed by atoms with E-state index < -0.39 is 0 Å². The molecule has 0 aromatic carbocycles. The maximum Gasteiger partial charge on any atom is 0.161 e. The monoisotopic (exact) mass is 313 g/mol. The van der Waals surface area contributed by atoms with Gasteiger partial charge in [0.05, 0.1) is 28.6 Å². The summed E-state index contributed by atoms with van der Waals surface area (Å²) in [4.78, 5) is 21.0. The molecule has 5 aromatic heterocycles. The van der Waals surface area contributed by atoms with E-state index in [2.05, 4.69) is 30.1 Å². The van der Waals surface area contributed by atoms with Crippen LogP contribution in [0.4, 0.5) is 0 Å². The topological polar surface area (TPSA) is 96.0 Å². The lowest BCUT2D eigenvalue weighted by molar-refractivity contribution is 1.10. The molecule has 0 fully saturated rings. The second-order valence-electron chi connectivity index (χ2n) is 5.36. The van der Waals surface area contributed by atoms with E-state index in [-0.39, 0.29) is 0 Å². The average molecular weight is 313 g/mol. The molecule has 0 radical (unpaired) electrons. The summed E-state index contributed by atoms with van der Waals surface area (Å²) in [7, 11) is 0. The number of aromatic amines is 2. The van der Waals surface area contributed by atoms with Gasteiger partial charge in [0.2, 0.25) is 0 Å². The van der Waals surface area contributed by atoms with Crippen LogP contribution >= 0.6 is 0 Å². The zero-order chi connectivity index (χ0) is 15.9. The minimum Gasteiger partial charge on any atom is -0.336 e. The SMILES string of the molecule is c1ccc(-c2ccc3[nH]nc(-c4nc5cnccc5[nH]4)c3n2)nc1. The molecule has 0 spiro atoms. The van der Waals surface area contributed by atoms with Crippen LogP contribution in [-0.4, -0.2) is 35.1 Å². The first-order valence-electron chi connectivity index (χ1n) is 7.45. The number of pyridine rings is 3. The normalized spacial score (nSPS) is 11.3. The minimum absolute atomic E-state index is 0.662. The highest BCUT2D eigenvalue weighted by Gasteiger charge is 2.15. The van der Waals surface area contributed by atoms with Crippen molar-refractivity contribution in [3.8, 4) is 22.9 Å². The number of nitrogens with zero attached hydrogens (tertiary/aromatic N) is 5. The predicted octanol–water partition coefficient (Wildman–Crippen LogP) is 2.96. The molecule has 0 aliphatic rings. The van der Waals surface area contributed by atoms with E-state index in [0.717, 1.165) is 33.5 Å². The van der Waals surface area contributed by atoms with Crippen LogP contribution in [0.5, 0.6) is 0 Å². The first-order valence-corrected chi connectivity index (χ1v) is 7.45. The standard InChI is InChI=1S/C17H11N7/c1-2-7-19-10(3-1)11-4-5-13-15(20-11)16(24-23-13)17-21-12-6-8-18-9-14(12)22-17/h1-9H,(H,21,22)(H,23,24). The summed E-state index contributed by atoms with van der Waals surface area (Å²) in [6.07, 6.45) is 5.20. The van der Waals surface area contributed by atoms with Crippen molar-refractivity contribution in [2.75, 3.05) is 0 Å². The van der Waals surface area contributed by atoms with E-state index in [4.69, 9.17) is 4.98 Å². The Morgan fingerprint density at radius 3 is 2.71 bits per heavy atom. The van der Waals surface area contributed by atoms with Crippen LogP contribution in [0.3, 0.4) is 0 Å². The van der Waals surface area contributed by atoms with Crippen LogP contribution in [0.25, 0.3) is 45.0 Å². The lowest BCUT2D eigenvalue weighted by Crippen LogP contribution is -1.88. The third-order valence-corrected chi connectivity index (χ3v) is 3.84. The molecule has 0 amide bonds. The van der Waals surface area contributed by atoms with Gasteiger partial charge in [-0.15, -0.1) is 0 Å². The van der Waals surface area contributed by atoms with Gasteiger partial charge in [-0.1, -0.05) is 6.07 Å². The third-order valence-electron chi connectivity index (χ3n) is 3.84. The summed E-state index contributed by atoms with van der Waals surface area (Å²) in [5, 5.41) is 7.37. The number of aromatic nitrogens is 7. The molecule has 2 N–H and O–H groups in total. The maximum atomic E-state index is 4.72. The number of rotatable bonds is 2. The summed E-state index contributed by atoms with van der Waals surface area (Å²) in [5.74, 6) is 0.662. The van der Waals surface area contributed by atoms with Crippen molar-refractivity contribution in [1.29, 1.82) is 0 Å². The molecule has 5 rings (SSSR count). The smallest absolute Gasteiger partial charge is 0.161 e. The fourth-order valence-corrected chi connectivity index (χ4v) is 2.69. The molecule has 7 nitrogen and oxygen atoms in total. The molecule has 0 saturated carbocycles. The lowest BCUT2D eigenvalue weighted by Gasteiger charge is -2.00. The molecular weight excluding hydrogens is 302 g/mol. The highest BCUT2D eigenvalue weighted by molar-refractivity contribution is 5.91. The Morgan fingerprint density at radius 2 is 1.83 bits per heavy atom. The third kappa shape index (κ3) is 1.95. The molecule has 114 valence electrons. The van der Waals surface area contributed by atoms with Gasteiger partial charge in [-0.25, -0.2) is 9.97 Å². The molecule has 0 atom stereocenters. The minimum atomic E-state index is 0.662. The van der Waals surface area contributed by atoms with E-state index in [0.29, 0.717) is 11.5 Å². The zero-order valence-electron chi connectivity index (χ0n) is 12.4. The Balaban J connectivity index is 1.71. The van der Waals surface area contributed by atoms with Gasteiger partial charge in [-0.05, 0) is 30.3 Å². The largest absolute Gasteiger partial charge is 0.336 e. The Labute approximate surface area is 135 Å². The van der Waals surface area contributed by atoms with Crippen molar-refractivity contribution in [2.45, 2.75) is 0 Å². The number of hydrogen-bond donors (Lipinski definition) is 2. The van der Waals surface area contributed by atoms with Gasteiger partial charge in [0.15, 0.2) is 11.5 Å². The van der Waals surface area contributed by atoms with E-state index >= 15 is 0 Å². The molecule has 0 saturated heterocycles. The fraction of sp³-hybridized carbons (Fsp3) is 0. The molecule has 7 heteroatoms. The van der Waals surface area contributed by atoms with E-state index in [1.165, 1.54) is 0 Å². The van der Waals surface area contributed by atoms with E-state index in [1.807, 2.05) is 36.4 Å². The van der Waals surface area contributed by atoms with Crippen LogP contribution < -0.4 is 0 Å². The van der Waals surface area contributed by atoms with Gasteiger partial charge in [-0.2, -0.15) is 5.10 Å². The number of hydrogen-bond acceptors (Lipinski definition) is 5. The van der Waals surface area contributed by atoms with Gasteiger partial charge in [0.1, 0.15) is 11.0 Å². The Kier molecular flexibility index (Phi) is 2.66.